The van der Waals surface area contributed by atoms with Crippen LogP contribution >= 0.6 is 0 Å². The van der Waals surface area contributed by atoms with Gasteiger partial charge in [-0.25, -0.2) is 0 Å². The van der Waals surface area contributed by atoms with Gasteiger partial charge in [0.25, 0.3) is 0 Å². The van der Waals surface area contributed by atoms with E-state index in [1.807, 2.05) is 25.1 Å². The molecule has 4 heterocycles. The van der Waals surface area contributed by atoms with Crippen LogP contribution in [0.25, 0.3) is 10.9 Å². The molecular weight excluding hydrogens is 350 g/mol. The van der Waals surface area contributed by atoms with Gasteiger partial charge in [0.2, 0.25) is 0 Å². The Morgan fingerprint density at radius 1 is 1.11 bits per heavy atom. The lowest BCUT2D eigenvalue weighted by Gasteiger charge is -2.35. The lowest BCUT2D eigenvalue weighted by molar-refractivity contribution is 0.176. The maximum absolute atomic E-state index is 9.31. The van der Waals surface area contributed by atoms with E-state index in [4.69, 9.17) is 9.40 Å². The van der Waals surface area contributed by atoms with Crippen molar-refractivity contribution in [1.29, 1.82) is 0 Å². The maximum Gasteiger partial charge on any atom is 0.129 e. The molecular formula is C23H23N3O2. The van der Waals surface area contributed by atoms with Crippen molar-refractivity contribution in [3.8, 4) is 0 Å². The number of fused-ring (bicyclic) bond motifs is 3. The van der Waals surface area contributed by atoms with E-state index in [2.05, 4.69) is 46.3 Å². The van der Waals surface area contributed by atoms with E-state index >= 15 is 0 Å². The highest BCUT2D eigenvalue weighted by atomic mass is 16.4. The Balaban J connectivity index is 1.60. The van der Waals surface area contributed by atoms with Crippen LogP contribution in [-0.2, 0) is 19.6 Å². The molecule has 5 rings (SSSR count). The number of aryl methyl sites for hydroxylation is 1. The van der Waals surface area contributed by atoms with Gasteiger partial charge >= 0.3 is 0 Å². The molecule has 0 saturated carbocycles. The summed E-state index contributed by atoms with van der Waals surface area (Å²) < 4.78 is 5.77. The van der Waals surface area contributed by atoms with Gasteiger partial charge in [-0.1, -0.05) is 24.3 Å². The quantitative estimate of drug-likeness (QED) is 0.565. The first-order valence-corrected chi connectivity index (χ1v) is 9.68. The average Bonchev–Trinajstić information content (AvgIpc) is 3.31. The van der Waals surface area contributed by atoms with E-state index in [0.717, 1.165) is 30.1 Å². The molecule has 0 bridgehead atoms. The van der Waals surface area contributed by atoms with Gasteiger partial charge in [-0.15, -0.1) is 0 Å². The normalized spacial score (nSPS) is 17.1. The molecule has 0 aliphatic carbocycles. The standard InChI is InChI=1S/C23H23N3O2/c1-15-5-4-8-21(24-15)23-22-19(18-6-2-3-7-20(18)25-22)11-12-26(23)13-16-9-10-17(14-27)28-16/h2-10,23,25,27H,11-14H2,1H3/t23-/m1/s1. The van der Waals surface area contributed by atoms with Crippen LogP contribution in [-0.4, -0.2) is 26.5 Å². The van der Waals surface area contributed by atoms with E-state index < -0.39 is 0 Å². The molecule has 1 aliphatic heterocycles. The summed E-state index contributed by atoms with van der Waals surface area (Å²) in [4.78, 5) is 10.9. The molecule has 0 amide bonds. The Morgan fingerprint density at radius 2 is 1.96 bits per heavy atom. The van der Waals surface area contributed by atoms with Gasteiger partial charge in [-0.2, -0.15) is 0 Å². The van der Waals surface area contributed by atoms with E-state index in [1.165, 1.54) is 22.2 Å². The molecule has 0 saturated heterocycles. The third-order valence-corrected chi connectivity index (χ3v) is 5.56. The fourth-order valence-corrected chi connectivity index (χ4v) is 4.30. The molecule has 4 aromatic rings. The number of nitrogens with one attached hydrogen (secondary N) is 1. The number of benzene rings is 1. The maximum atomic E-state index is 9.31. The smallest absolute Gasteiger partial charge is 0.129 e. The van der Waals surface area contributed by atoms with Crippen molar-refractivity contribution in [2.75, 3.05) is 6.54 Å². The van der Waals surface area contributed by atoms with E-state index in [9.17, 15) is 5.11 Å². The van der Waals surface area contributed by atoms with Gasteiger partial charge in [0.1, 0.15) is 18.1 Å². The van der Waals surface area contributed by atoms with Crippen LogP contribution in [0.2, 0.25) is 0 Å². The predicted molar refractivity (Wildman–Crippen MR) is 108 cm³/mol. The molecule has 5 heteroatoms. The van der Waals surface area contributed by atoms with Gasteiger partial charge in [-0.3, -0.25) is 9.88 Å². The molecule has 3 aromatic heterocycles. The van der Waals surface area contributed by atoms with E-state index in [-0.39, 0.29) is 12.6 Å². The van der Waals surface area contributed by atoms with E-state index in [0.29, 0.717) is 12.3 Å². The summed E-state index contributed by atoms with van der Waals surface area (Å²) >= 11 is 0. The number of aromatic nitrogens is 2. The van der Waals surface area contributed by atoms with Crippen LogP contribution in [0, 0.1) is 6.92 Å². The second kappa shape index (κ2) is 6.93. The van der Waals surface area contributed by atoms with Crippen LogP contribution in [0.4, 0.5) is 0 Å². The second-order valence-electron chi connectivity index (χ2n) is 7.42. The Bertz CT molecular complexity index is 1130. The van der Waals surface area contributed by atoms with Gasteiger partial charge in [0, 0.05) is 28.8 Å². The van der Waals surface area contributed by atoms with Crippen LogP contribution in [0.5, 0.6) is 0 Å². The Kier molecular flexibility index (Phi) is 4.26. The predicted octanol–water partition coefficient (Wildman–Crippen LogP) is 4.10. The molecule has 0 fully saturated rings. The number of pyridine rings is 1. The van der Waals surface area contributed by atoms with Crippen LogP contribution in [0.1, 0.15) is 40.2 Å². The minimum absolute atomic E-state index is 0.0405. The number of H-pyrrole nitrogens is 1. The summed E-state index contributed by atoms with van der Waals surface area (Å²) in [5.41, 5.74) is 5.84. The van der Waals surface area contributed by atoms with Crippen LogP contribution < -0.4 is 0 Å². The summed E-state index contributed by atoms with van der Waals surface area (Å²) in [6, 6.07) is 18.5. The van der Waals surface area contributed by atoms with Gasteiger partial charge < -0.3 is 14.5 Å². The summed E-state index contributed by atoms with van der Waals surface area (Å²) in [5, 5.41) is 10.6. The second-order valence-corrected chi connectivity index (χ2v) is 7.42. The molecule has 28 heavy (non-hydrogen) atoms. The fourth-order valence-electron chi connectivity index (χ4n) is 4.30. The summed E-state index contributed by atoms with van der Waals surface area (Å²) in [5.74, 6) is 1.46. The SMILES string of the molecule is Cc1cccc([C@@H]2c3[nH]c4ccccc4c3CCN2Cc2ccc(CO)o2)n1. The van der Waals surface area contributed by atoms with Gasteiger partial charge in [0.05, 0.1) is 18.3 Å². The van der Waals surface area contributed by atoms with Crippen LogP contribution in [0.15, 0.2) is 59.0 Å². The number of hydrogen-bond donors (Lipinski definition) is 2. The van der Waals surface area contributed by atoms with Crippen LogP contribution in [0.3, 0.4) is 0 Å². The molecule has 5 nitrogen and oxygen atoms in total. The summed E-state index contributed by atoms with van der Waals surface area (Å²) in [6.07, 6.45) is 0.981. The number of para-hydroxylation sites is 1. The largest absolute Gasteiger partial charge is 0.462 e. The summed E-state index contributed by atoms with van der Waals surface area (Å²) in [7, 11) is 0. The molecule has 1 aliphatic rings. The minimum Gasteiger partial charge on any atom is -0.462 e. The third-order valence-electron chi connectivity index (χ3n) is 5.56. The zero-order valence-electron chi connectivity index (χ0n) is 15.9. The number of aliphatic hydroxyl groups excluding tert-OH is 1. The molecule has 0 radical (unpaired) electrons. The van der Waals surface area contributed by atoms with Crippen molar-refractivity contribution < 1.29 is 9.52 Å². The first kappa shape index (κ1) is 17.2. The highest BCUT2D eigenvalue weighted by Gasteiger charge is 2.33. The Morgan fingerprint density at radius 3 is 2.79 bits per heavy atom. The van der Waals surface area contributed by atoms with Gasteiger partial charge in [0.15, 0.2) is 0 Å². The molecule has 0 spiro atoms. The highest BCUT2D eigenvalue weighted by molar-refractivity contribution is 5.85. The number of furan rings is 1. The van der Waals surface area contributed by atoms with E-state index in [1.54, 1.807) is 0 Å². The van der Waals surface area contributed by atoms with Crippen molar-refractivity contribution in [1.82, 2.24) is 14.9 Å². The molecule has 0 unspecified atom stereocenters. The van der Waals surface area contributed by atoms with Crippen molar-refractivity contribution >= 4 is 10.9 Å². The topological polar surface area (TPSA) is 65.3 Å². The third kappa shape index (κ3) is 2.93. The lowest BCUT2D eigenvalue weighted by Crippen LogP contribution is -2.36. The lowest BCUT2D eigenvalue weighted by atomic mass is 9.94. The fraction of sp³-hybridized carbons (Fsp3) is 0.261. The first-order chi connectivity index (χ1) is 13.7. The monoisotopic (exact) mass is 373 g/mol. The minimum atomic E-state index is -0.0744. The summed E-state index contributed by atoms with van der Waals surface area (Å²) in [6.45, 7) is 3.55. The highest BCUT2D eigenvalue weighted by Crippen LogP contribution is 2.38. The molecule has 2 N–H and O–H groups in total. The van der Waals surface area contributed by atoms with Gasteiger partial charge in [-0.05, 0) is 49.2 Å². The van der Waals surface area contributed by atoms with Crippen molar-refractivity contribution in [2.24, 2.45) is 0 Å². The Labute approximate surface area is 163 Å². The number of hydrogen-bond acceptors (Lipinski definition) is 4. The number of nitrogens with zero attached hydrogens (tertiary/aromatic N) is 2. The zero-order chi connectivity index (χ0) is 19.1. The average molecular weight is 373 g/mol. The molecule has 1 atom stereocenters. The Hall–Kier alpha value is -2.89. The number of aromatic amines is 1. The van der Waals surface area contributed by atoms with Crippen molar-refractivity contribution in [2.45, 2.75) is 32.5 Å². The molecule has 142 valence electrons. The number of rotatable bonds is 4. The number of aliphatic hydroxyl groups is 1. The van der Waals surface area contributed by atoms with Crippen molar-refractivity contribution in [3.63, 3.8) is 0 Å². The molecule has 1 aromatic carbocycles. The van der Waals surface area contributed by atoms with Crippen molar-refractivity contribution in [3.05, 3.63) is 88.8 Å². The first-order valence-electron chi connectivity index (χ1n) is 9.68. The zero-order valence-corrected chi connectivity index (χ0v) is 15.9.